The van der Waals surface area contributed by atoms with Gasteiger partial charge in [-0.05, 0) is 32.9 Å². The van der Waals surface area contributed by atoms with E-state index in [-0.39, 0.29) is 18.2 Å². The molecule has 0 radical (unpaired) electrons. The van der Waals surface area contributed by atoms with Crippen LogP contribution in [0.5, 0.6) is 0 Å². The number of hydrogen-bond acceptors (Lipinski definition) is 5. The van der Waals surface area contributed by atoms with Gasteiger partial charge in [0.15, 0.2) is 5.82 Å². The monoisotopic (exact) mass is 408 g/mol. The minimum absolute atomic E-state index is 0.210. The van der Waals surface area contributed by atoms with Gasteiger partial charge in [-0.3, -0.25) is 19.1 Å². The Hall–Kier alpha value is -3.75. The molecule has 0 fully saturated rings. The molecule has 0 bridgehead atoms. The SMILES string of the molecule is CCn1nc(C)c(CNC(=O)C(=O)Nc2cccc(C(=O)c3nccn3C)c2)c1C. The van der Waals surface area contributed by atoms with E-state index in [1.54, 1.807) is 36.0 Å². The summed E-state index contributed by atoms with van der Waals surface area (Å²) in [5.41, 5.74) is 3.37. The Morgan fingerprint density at radius 3 is 2.53 bits per heavy atom. The molecule has 1 aromatic carbocycles. The van der Waals surface area contributed by atoms with E-state index in [0.717, 1.165) is 23.5 Å². The fourth-order valence-corrected chi connectivity index (χ4v) is 3.19. The van der Waals surface area contributed by atoms with Gasteiger partial charge in [-0.2, -0.15) is 5.10 Å². The van der Waals surface area contributed by atoms with Crippen LogP contribution in [0.4, 0.5) is 5.69 Å². The number of imidazole rings is 1. The van der Waals surface area contributed by atoms with E-state index in [1.165, 1.54) is 12.3 Å². The molecule has 2 N–H and O–H groups in total. The van der Waals surface area contributed by atoms with Crippen molar-refractivity contribution < 1.29 is 14.4 Å². The molecule has 9 heteroatoms. The maximum absolute atomic E-state index is 12.6. The summed E-state index contributed by atoms with van der Waals surface area (Å²) in [6.07, 6.45) is 3.22. The number of anilines is 1. The zero-order valence-corrected chi connectivity index (χ0v) is 17.4. The van der Waals surface area contributed by atoms with Gasteiger partial charge in [0.1, 0.15) is 0 Å². The molecule has 2 aromatic heterocycles. The van der Waals surface area contributed by atoms with Gasteiger partial charge < -0.3 is 15.2 Å². The highest BCUT2D eigenvalue weighted by Gasteiger charge is 2.18. The molecule has 0 aliphatic carbocycles. The van der Waals surface area contributed by atoms with Crippen LogP contribution in [0, 0.1) is 13.8 Å². The fraction of sp³-hybridized carbons (Fsp3) is 0.286. The van der Waals surface area contributed by atoms with Crippen molar-refractivity contribution in [3.63, 3.8) is 0 Å². The molecular weight excluding hydrogens is 384 g/mol. The molecule has 0 aliphatic rings. The topological polar surface area (TPSA) is 111 Å². The first-order valence-electron chi connectivity index (χ1n) is 9.56. The molecule has 156 valence electrons. The molecule has 9 nitrogen and oxygen atoms in total. The first-order chi connectivity index (χ1) is 14.3. The molecule has 3 rings (SSSR count). The maximum Gasteiger partial charge on any atom is 0.313 e. The largest absolute Gasteiger partial charge is 0.344 e. The Labute approximate surface area is 174 Å². The van der Waals surface area contributed by atoms with Crippen LogP contribution in [0.15, 0.2) is 36.7 Å². The molecule has 0 saturated heterocycles. The highest BCUT2D eigenvalue weighted by Crippen LogP contribution is 2.15. The average Bonchev–Trinajstić information content (AvgIpc) is 3.28. The lowest BCUT2D eigenvalue weighted by atomic mass is 10.1. The molecule has 0 unspecified atom stereocenters. The zero-order chi connectivity index (χ0) is 21.8. The van der Waals surface area contributed by atoms with E-state index in [2.05, 4.69) is 20.7 Å². The molecule has 0 atom stereocenters. The third-order valence-corrected chi connectivity index (χ3v) is 4.87. The van der Waals surface area contributed by atoms with E-state index in [1.807, 2.05) is 25.5 Å². The third kappa shape index (κ3) is 4.29. The van der Waals surface area contributed by atoms with Crippen molar-refractivity contribution in [1.82, 2.24) is 24.6 Å². The van der Waals surface area contributed by atoms with Gasteiger partial charge in [0, 0.05) is 55.0 Å². The van der Waals surface area contributed by atoms with Gasteiger partial charge in [0.25, 0.3) is 0 Å². The number of carbonyl (C=O) groups is 3. The van der Waals surface area contributed by atoms with Gasteiger partial charge >= 0.3 is 11.8 Å². The number of hydrogen-bond donors (Lipinski definition) is 2. The number of benzene rings is 1. The minimum atomic E-state index is -0.810. The summed E-state index contributed by atoms with van der Waals surface area (Å²) in [4.78, 5) is 41.1. The number of nitrogens with zero attached hydrogens (tertiary/aromatic N) is 4. The third-order valence-electron chi connectivity index (χ3n) is 4.87. The summed E-state index contributed by atoms with van der Waals surface area (Å²) in [6.45, 7) is 6.72. The van der Waals surface area contributed by atoms with E-state index in [9.17, 15) is 14.4 Å². The van der Waals surface area contributed by atoms with Crippen molar-refractivity contribution in [2.45, 2.75) is 33.9 Å². The Morgan fingerprint density at radius 2 is 1.90 bits per heavy atom. The van der Waals surface area contributed by atoms with E-state index in [0.29, 0.717) is 11.3 Å². The Bertz CT molecular complexity index is 1110. The maximum atomic E-state index is 12.6. The molecule has 0 saturated carbocycles. The highest BCUT2D eigenvalue weighted by atomic mass is 16.2. The summed E-state index contributed by atoms with van der Waals surface area (Å²) < 4.78 is 3.46. The van der Waals surface area contributed by atoms with Crippen LogP contribution in [-0.4, -0.2) is 36.9 Å². The van der Waals surface area contributed by atoms with Gasteiger partial charge in [0.05, 0.1) is 5.69 Å². The van der Waals surface area contributed by atoms with Crippen molar-refractivity contribution in [1.29, 1.82) is 0 Å². The number of aromatic nitrogens is 4. The standard InChI is InChI=1S/C21H24N6O3/c1-5-27-14(3)17(13(2)25-27)12-23-20(29)21(30)24-16-8-6-7-15(11-16)18(28)19-22-9-10-26(19)4/h6-11H,5,12H2,1-4H3,(H,23,29)(H,24,30). The minimum Gasteiger partial charge on any atom is -0.344 e. The predicted molar refractivity (Wildman–Crippen MR) is 111 cm³/mol. The number of amides is 2. The van der Waals surface area contributed by atoms with Gasteiger partial charge in [-0.15, -0.1) is 0 Å². The summed E-state index contributed by atoms with van der Waals surface area (Å²) in [6, 6.07) is 6.39. The normalized spacial score (nSPS) is 10.7. The number of rotatable bonds is 6. The lowest BCUT2D eigenvalue weighted by Crippen LogP contribution is -2.35. The molecular formula is C21H24N6O3. The summed E-state index contributed by atoms with van der Waals surface area (Å²) >= 11 is 0. The average molecular weight is 408 g/mol. The van der Waals surface area contributed by atoms with E-state index in [4.69, 9.17) is 0 Å². The summed E-state index contributed by atoms with van der Waals surface area (Å²) in [5.74, 6) is -1.56. The Balaban J connectivity index is 1.65. The first-order valence-corrected chi connectivity index (χ1v) is 9.56. The van der Waals surface area contributed by atoms with E-state index >= 15 is 0 Å². The second-order valence-electron chi connectivity index (χ2n) is 6.87. The van der Waals surface area contributed by atoms with Crippen LogP contribution >= 0.6 is 0 Å². The first kappa shape index (κ1) is 21.0. The number of carbonyl (C=O) groups excluding carboxylic acids is 3. The summed E-state index contributed by atoms with van der Waals surface area (Å²) in [5, 5.41) is 9.55. The van der Waals surface area contributed by atoms with Crippen LogP contribution in [0.2, 0.25) is 0 Å². The Morgan fingerprint density at radius 1 is 1.13 bits per heavy atom. The lowest BCUT2D eigenvalue weighted by molar-refractivity contribution is -0.136. The van der Waals surface area contributed by atoms with Crippen molar-refractivity contribution in [2.75, 3.05) is 5.32 Å². The Kier molecular flexibility index (Phi) is 6.10. The second-order valence-corrected chi connectivity index (χ2v) is 6.87. The van der Waals surface area contributed by atoms with Crippen LogP contribution in [0.1, 0.15) is 40.1 Å². The molecule has 0 aliphatic heterocycles. The fourth-order valence-electron chi connectivity index (χ4n) is 3.19. The number of aryl methyl sites for hydroxylation is 3. The van der Waals surface area contributed by atoms with Crippen molar-refractivity contribution >= 4 is 23.3 Å². The lowest BCUT2D eigenvalue weighted by Gasteiger charge is -2.08. The second kappa shape index (κ2) is 8.73. The molecule has 2 amide bonds. The predicted octanol–water partition coefficient (Wildman–Crippen LogP) is 1.74. The number of ketones is 1. The number of nitrogens with one attached hydrogen (secondary N) is 2. The van der Waals surface area contributed by atoms with Crippen LogP contribution in [-0.2, 0) is 29.7 Å². The van der Waals surface area contributed by atoms with E-state index < -0.39 is 11.8 Å². The van der Waals surface area contributed by atoms with Crippen molar-refractivity contribution in [3.8, 4) is 0 Å². The highest BCUT2D eigenvalue weighted by molar-refractivity contribution is 6.39. The molecule has 2 heterocycles. The van der Waals surface area contributed by atoms with Gasteiger partial charge in [0.2, 0.25) is 5.78 Å². The van der Waals surface area contributed by atoms with Gasteiger partial charge in [-0.25, -0.2) is 4.98 Å². The quantitative estimate of drug-likeness (QED) is 0.477. The van der Waals surface area contributed by atoms with Gasteiger partial charge in [-0.1, -0.05) is 12.1 Å². The van der Waals surface area contributed by atoms with Crippen LogP contribution in [0.25, 0.3) is 0 Å². The molecule has 3 aromatic rings. The van der Waals surface area contributed by atoms with Crippen LogP contribution in [0.3, 0.4) is 0 Å². The smallest absolute Gasteiger partial charge is 0.313 e. The molecule has 0 spiro atoms. The van der Waals surface area contributed by atoms with Crippen molar-refractivity contribution in [3.05, 3.63) is 65.0 Å². The van der Waals surface area contributed by atoms with Crippen molar-refractivity contribution in [2.24, 2.45) is 7.05 Å². The van der Waals surface area contributed by atoms with Crippen LogP contribution < -0.4 is 10.6 Å². The molecule has 30 heavy (non-hydrogen) atoms. The zero-order valence-electron chi connectivity index (χ0n) is 17.4. The summed E-state index contributed by atoms with van der Waals surface area (Å²) in [7, 11) is 1.73.